The van der Waals surface area contributed by atoms with Crippen LogP contribution in [-0.2, 0) is 0 Å². The van der Waals surface area contributed by atoms with Crippen molar-refractivity contribution in [2.24, 2.45) is 0 Å². The van der Waals surface area contributed by atoms with Crippen molar-refractivity contribution in [3.8, 4) is 34.5 Å². The Kier molecular flexibility index (Phi) is 11.9. The SMILES string of the molecule is CC(/C=C/C=C(C)/C=C/c1ccc(O)c(O)c1O)=C\C=C\C=C(C)\C=C\C=C(C)\C=C\c1ccc(O)c(O)c1O. The van der Waals surface area contributed by atoms with Crippen LogP contribution >= 0.6 is 0 Å². The lowest BCUT2D eigenvalue weighted by Crippen LogP contribution is -1.77. The molecule has 6 nitrogen and oxygen atoms in total. The highest BCUT2D eigenvalue weighted by molar-refractivity contribution is 5.67. The summed E-state index contributed by atoms with van der Waals surface area (Å²) in [7, 11) is 0. The highest BCUT2D eigenvalue weighted by atomic mass is 16.3. The van der Waals surface area contributed by atoms with E-state index in [-0.39, 0.29) is 23.0 Å². The Morgan fingerprint density at radius 1 is 0.425 bits per heavy atom. The molecule has 2 aromatic carbocycles. The van der Waals surface area contributed by atoms with Crippen LogP contribution in [0.25, 0.3) is 12.2 Å². The van der Waals surface area contributed by atoms with Crippen LogP contribution < -0.4 is 0 Å². The molecule has 0 amide bonds. The molecule has 2 rings (SSSR count). The quantitative estimate of drug-likeness (QED) is 0.134. The molecule has 0 saturated carbocycles. The van der Waals surface area contributed by atoms with Crippen LogP contribution in [0.5, 0.6) is 34.5 Å². The zero-order chi connectivity index (χ0) is 29.7. The molecule has 6 heteroatoms. The molecule has 0 unspecified atom stereocenters. The average molecular weight is 541 g/mol. The van der Waals surface area contributed by atoms with E-state index in [0.717, 1.165) is 22.3 Å². The van der Waals surface area contributed by atoms with Crippen molar-refractivity contribution in [3.63, 3.8) is 0 Å². The standard InChI is InChI=1S/C34H36O6/c1-23(11-7-13-25(3)15-17-27-19-21-29(35)33(39)31(27)37)9-5-6-10-24(2)12-8-14-26(4)16-18-28-20-22-30(36)34(40)32(28)38/h5-22,35-40H,1-4H3/b6-5+,11-7+,12-8+,17-15+,18-16+,23-9+,24-10+,25-13+,26-14+. The Hall–Kier alpha value is -5.10. The highest BCUT2D eigenvalue weighted by Crippen LogP contribution is 2.38. The normalized spacial score (nSPS) is 14.2. The lowest BCUT2D eigenvalue weighted by Gasteiger charge is -2.03. The molecular weight excluding hydrogens is 504 g/mol. The maximum absolute atomic E-state index is 9.88. The summed E-state index contributed by atoms with van der Waals surface area (Å²) in [5, 5.41) is 57.8. The highest BCUT2D eigenvalue weighted by Gasteiger charge is 2.09. The number of allylic oxidation sites excluding steroid dienone is 16. The van der Waals surface area contributed by atoms with Crippen molar-refractivity contribution in [2.45, 2.75) is 27.7 Å². The third-order valence-electron chi connectivity index (χ3n) is 5.64. The molecule has 0 saturated heterocycles. The summed E-state index contributed by atoms with van der Waals surface area (Å²) in [6.07, 6.45) is 26.5. The van der Waals surface area contributed by atoms with Gasteiger partial charge in [-0.2, -0.15) is 0 Å². The third kappa shape index (κ3) is 9.99. The smallest absolute Gasteiger partial charge is 0.200 e. The zero-order valence-electron chi connectivity index (χ0n) is 23.1. The monoisotopic (exact) mass is 540 g/mol. The van der Waals surface area contributed by atoms with Crippen molar-refractivity contribution in [1.82, 2.24) is 0 Å². The third-order valence-corrected chi connectivity index (χ3v) is 5.64. The van der Waals surface area contributed by atoms with E-state index in [1.165, 1.54) is 24.3 Å². The molecule has 0 atom stereocenters. The molecule has 0 aliphatic rings. The van der Waals surface area contributed by atoms with Gasteiger partial charge in [0.1, 0.15) is 0 Å². The van der Waals surface area contributed by atoms with Gasteiger partial charge in [0, 0.05) is 11.1 Å². The summed E-state index contributed by atoms with van der Waals surface area (Å²) in [5.41, 5.74) is 4.81. The van der Waals surface area contributed by atoms with E-state index in [0.29, 0.717) is 11.1 Å². The Balaban J connectivity index is 1.89. The Labute approximate surface area is 235 Å². The summed E-state index contributed by atoms with van der Waals surface area (Å²) in [6.45, 7) is 7.82. The fourth-order valence-corrected chi connectivity index (χ4v) is 3.22. The van der Waals surface area contributed by atoms with Gasteiger partial charge >= 0.3 is 0 Å². The second-order valence-electron chi connectivity index (χ2n) is 9.15. The summed E-state index contributed by atoms with van der Waals surface area (Å²) in [4.78, 5) is 0. The van der Waals surface area contributed by atoms with Gasteiger partial charge in [-0.15, -0.1) is 0 Å². The second-order valence-corrected chi connectivity index (χ2v) is 9.15. The summed E-state index contributed by atoms with van der Waals surface area (Å²) in [5.74, 6) is -2.53. The molecular formula is C34H36O6. The van der Waals surface area contributed by atoms with Gasteiger partial charge < -0.3 is 30.6 Å². The van der Waals surface area contributed by atoms with Gasteiger partial charge in [-0.05, 0) is 52.0 Å². The number of hydrogen-bond donors (Lipinski definition) is 6. The predicted molar refractivity (Wildman–Crippen MR) is 163 cm³/mol. The van der Waals surface area contributed by atoms with Crippen LogP contribution in [0, 0.1) is 0 Å². The molecule has 0 aliphatic heterocycles. The van der Waals surface area contributed by atoms with Crippen LogP contribution in [0.4, 0.5) is 0 Å². The molecule has 0 heterocycles. The summed E-state index contributed by atoms with van der Waals surface area (Å²) >= 11 is 0. The maximum Gasteiger partial charge on any atom is 0.200 e. The van der Waals surface area contributed by atoms with Gasteiger partial charge in [0.05, 0.1) is 0 Å². The van der Waals surface area contributed by atoms with Crippen LogP contribution in [0.3, 0.4) is 0 Å². The van der Waals surface area contributed by atoms with Crippen molar-refractivity contribution < 1.29 is 30.6 Å². The van der Waals surface area contributed by atoms with Crippen LogP contribution in [0.2, 0.25) is 0 Å². The second kappa shape index (κ2) is 15.3. The zero-order valence-corrected chi connectivity index (χ0v) is 23.1. The lowest BCUT2D eigenvalue weighted by atomic mass is 10.1. The maximum atomic E-state index is 9.88. The molecule has 6 N–H and O–H groups in total. The van der Waals surface area contributed by atoms with Crippen LogP contribution in [-0.4, -0.2) is 30.6 Å². The number of phenolic OH excluding ortho intramolecular Hbond substituents is 6. The van der Waals surface area contributed by atoms with E-state index in [1.54, 1.807) is 24.3 Å². The first-order valence-corrected chi connectivity index (χ1v) is 12.5. The molecule has 208 valence electrons. The number of aromatic hydroxyl groups is 6. The number of benzene rings is 2. The van der Waals surface area contributed by atoms with Gasteiger partial charge in [-0.25, -0.2) is 0 Å². The van der Waals surface area contributed by atoms with E-state index in [1.807, 2.05) is 88.5 Å². The molecule has 2 aromatic rings. The lowest BCUT2D eigenvalue weighted by molar-refractivity contribution is 0.367. The average Bonchev–Trinajstić information content (AvgIpc) is 2.92. The van der Waals surface area contributed by atoms with E-state index < -0.39 is 11.5 Å². The minimum Gasteiger partial charge on any atom is -0.504 e. The molecule has 0 fully saturated rings. The topological polar surface area (TPSA) is 121 Å². The van der Waals surface area contributed by atoms with Crippen molar-refractivity contribution in [1.29, 1.82) is 0 Å². The summed E-state index contributed by atoms with van der Waals surface area (Å²) < 4.78 is 0. The van der Waals surface area contributed by atoms with Crippen molar-refractivity contribution in [3.05, 3.63) is 131 Å². The Morgan fingerprint density at radius 3 is 1.12 bits per heavy atom. The molecule has 0 spiro atoms. The fourth-order valence-electron chi connectivity index (χ4n) is 3.22. The summed E-state index contributed by atoms with van der Waals surface area (Å²) in [6, 6.07) is 5.68. The van der Waals surface area contributed by atoms with Gasteiger partial charge in [-0.3, -0.25) is 0 Å². The molecule has 40 heavy (non-hydrogen) atoms. The minimum atomic E-state index is -0.535. The van der Waals surface area contributed by atoms with E-state index in [2.05, 4.69) is 0 Å². The van der Waals surface area contributed by atoms with Gasteiger partial charge in [0.2, 0.25) is 11.5 Å². The largest absolute Gasteiger partial charge is 0.504 e. The van der Waals surface area contributed by atoms with E-state index >= 15 is 0 Å². The van der Waals surface area contributed by atoms with Gasteiger partial charge in [0.25, 0.3) is 0 Å². The molecule has 0 aliphatic carbocycles. The van der Waals surface area contributed by atoms with Gasteiger partial charge in [0.15, 0.2) is 23.0 Å². The minimum absolute atomic E-state index is 0.361. The number of hydrogen-bond acceptors (Lipinski definition) is 6. The van der Waals surface area contributed by atoms with E-state index in [4.69, 9.17) is 0 Å². The molecule has 0 bridgehead atoms. The number of rotatable bonds is 10. The predicted octanol–water partition coefficient (Wildman–Crippen LogP) is 8.10. The van der Waals surface area contributed by atoms with Crippen LogP contribution in [0.1, 0.15) is 38.8 Å². The van der Waals surface area contributed by atoms with E-state index in [9.17, 15) is 30.6 Å². The molecule has 0 radical (unpaired) electrons. The molecule has 0 aromatic heterocycles. The number of phenols is 6. The first-order chi connectivity index (χ1) is 19.0. The van der Waals surface area contributed by atoms with Crippen LogP contribution in [0.15, 0.2) is 119 Å². The Bertz CT molecular complexity index is 1360. The fraction of sp³-hybridized carbons (Fsp3) is 0.118. The first-order valence-electron chi connectivity index (χ1n) is 12.5. The van der Waals surface area contributed by atoms with Crippen molar-refractivity contribution >= 4 is 12.2 Å². The van der Waals surface area contributed by atoms with Crippen molar-refractivity contribution in [2.75, 3.05) is 0 Å². The first kappa shape index (κ1) is 31.1. The Morgan fingerprint density at radius 2 is 0.750 bits per heavy atom. The van der Waals surface area contributed by atoms with Gasteiger partial charge in [-0.1, -0.05) is 107 Å².